The van der Waals surface area contributed by atoms with Crippen LogP contribution in [0.2, 0.25) is 0 Å². The number of carbonyl (C=O) groups is 1. The molecule has 47 heavy (non-hydrogen) atoms. The fraction of sp³-hybridized carbons (Fsp3) is 0.176. The quantitative estimate of drug-likeness (QED) is 0.132. The Kier molecular flexibility index (Phi) is 8.71. The molecule has 13 heteroatoms. The van der Waals surface area contributed by atoms with E-state index in [2.05, 4.69) is 20.6 Å². The highest BCUT2D eigenvalue weighted by Gasteiger charge is 2.27. The smallest absolute Gasteiger partial charge is 0.255 e. The lowest BCUT2D eigenvalue weighted by molar-refractivity contribution is 0.0964. The maximum Gasteiger partial charge on any atom is 0.255 e. The lowest BCUT2D eigenvalue weighted by Crippen LogP contribution is -2.33. The number of fused-ring (bicyclic) bond motifs is 2. The SMILES string of the molecule is CNC(=O)c1c(-c2ccc(F)cc2)oc2cc(N(CCCNCC#N)S(C)(=O)=O)c(-c3cccc(-c4nc5ncccc5o4)c3)cc12. The maximum absolute atomic E-state index is 13.8. The summed E-state index contributed by atoms with van der Waals surface area (Å²) in [5.41, 5.74) is 3.99. The largest absolute Gasteiger partial charge is 0.455 e. The molecule has 0 aliphatic rings. The standard InChI is InChI=1S/C34H29FN6O5S/c1-37-33(42)30-26-19-25(22-6-3-7-23(18-22)34-40-32-28(46-34)8-4-15-39-32)27(41(47(2,43)44)17-5-14-38-16-13-36)20-29(26)45-31(30)21-9-11-24(35)12-10-21/h3-4,6-12,15,18-20,38H,5,14,16-17H2,1-2H3,(H,37,42). The number of anilines is 1. The van der Waals surface area contributed by atoms with Crippen LogP contribution in [0.1, 0.15) is 16.8 Å². The van der Waals surface area contributed by atoms with Gasteiger partial charge in [-0.05, 0) is 73.1 Å². The molecular formula is C34H29FN6O5S. The molecule has 3 heterocycles. The van der Waals surface area contributed by atoms with Crippen LogP contribution in [0.4, 0.5) is 10.1 Å². The first-order valence-corrected chi connectivity index (χ1v) is 16.5. The number of sulfonamides is 1. The lowest BCUT2D eigenvalue weighted by atomic mass is 9.97. The van der Waals surface area contributed by atoms with Crippen LogP contribution in [0.25, 0.3) is 56.1 Å². The molecule has 0 saturated heterocycles. The van der Waals surface area contributed by atoms with Gasteiger partial charge in [0.1, 0.15) is 17.2 Å². The van der Waals surface area contributed by atoms with Crippen molar-refractivity contribution in [3.8, 4) is 40.0 Å². The number of rotatable bonds is 11. The number of hydrogen-bond acceptors (Lipinski definition) is 9. The molecule has 0 aliphatic carbocycles. The minimum absolute atomic E-state index is 0.0973. The van der Waals surface area contributed by atoms with E-state index in [0.29, 0.717) is 63.4 Å². The highest BCUT2D eigenvalue weighted by atomic mass is 32.2. The predicted octanol–water partition coefficient (Wildman–Crippen LogP) is 5.74. The van der Waals surface area contributed by atoms with Gasteiger partial charge in [-0.15, -0.1) is 0 Å². The topological polar surface area (TPSA) is 154 Å². The van der Waals surface area contributed by atoms with Gasteiger partial charge in [0.15, 0.2) is 11.2 Å². The molecule has 6 rings (SSSR count). The van der Waals surface area contributed by atoms with Crippen molar-refractivity contribution in [2.75, 3.05) is 37.2 Å². The summed E-state index contributed by atoms with van der Waals surface area (Å²) in [4.78, 5) is 22.1. The number of furan rings is 1. The van der Waals surface area contributed by atoms with E-state index in [9.17, 15) is 17.6 Å². The summed E-state index contributed by atoms with van der Waals surface area (Å²) in [6.07, 6.45) is 3.15. The van der Waals surface area contributed by atoms with E-state index in [1.54, 1.807) is 36.5 Å². The third-order valence-corrected chi connectivity index (χ3v) is 8.72. The van der Waals surface area contributed by atoms with Crippen molar-refractivity contribution in [1.29, 1.82) is 5.26 Å². The number of hydrogen-bond donors (Lipinski definition) is 2. The summed E-state index contributed by atoms with van der Waals surface area (Å²) in [5, 5.41) is 14.9. The second-order valence-corrected chi connectivity index (χ2v) is 12.6. The molecule has 1 amide bonds. The molecule has 3 aromatic carbocycles. The van der Waals surface area contributed by atoms with Crippen LogP contribution in [0.3, 0.4) is 0 Å². The van der Waals surface area contributed by atoms with Gasteiger partial charge < -0.3 is 19.5 Å². The molecule has 0 saturated carbocycles. The lowest BCUT2D eigenvalue weighted by Gasteiger charge is -2.25. The number of halogens is 1. The van der Waals surface area contributed by atoms with E-state index in [1.807, 2.05) is 24.3 Å². The van der Waals surface area contributed by atoms with E-state index in [0.717, 1.165) is 6.26 Å². The number of carbonyl (C=O) groups excluding carboxylic acids is 1. The van der Waals surface area contributed by atoms with E-state index < -0.39 is 21.7 Å². The highest BCUT2D eigenvalue weighted by Crippen LogP contribution is 2.42. The molecule has 0 fully saturated rings. The first-order chi connectivity index (χ1) is 22.7. The Labute approximate surface area is 269 Å². The Morgan fingerprint density at radius 1 is 1.00 bits per heavy atom. The van der Waals surface area contributed by atoms with Crippen molar-refractivity contribution in [3.63, 3.8) is 0 Å². The molecule has 238 valence electrons. The van der Waals surface area contributed by atoms with Crippen molar-refractivity contribution in [1.82, 2.24) is 20.6 Å². The molecule has 6 aromatic rings. The van der Waals surface area contributed by atoms with Gasteiger partial charge >= 0.3 is 0 Å². The van der Waals surface area contributed by atoms with Crippen LogP contribution in [0, 0.1) is 17.1 Å². The molecule has 0 bridgehead atoms. The number of pyridine rings is 1. The molecule has 0 aliphatic heterocycles. The molecular weight excluding hydrogens is 623 g/mol. The number of benzene rings is 3. The number of nitrogens with one attached hydrogen (secondary N) is 2. The normalized spacial score (nSPS) is 11.5. The molecule has 0 atom stereocenters. The first-order valence-electron chi connectivity index (χ1n) is 14.6. The molecule has 3 aromatic heterocycles. The summed E-state index contributed by atoms with van der Waals surface area (Å²) < 4.78 is 53.9. The average molecular weight is 653 g/mol. The molecule has 2 N–H and O–H groups in total. The van der Waals surface area contributed by atoms with Crippen LogP contribution in [0.5, 0.6) is 0 Å². The monoisotopic (exact) mass is 652 g/mol. The second-order valence-electron chi connectivity index (χ2n) is 10.7. The Bertz CT molecular complexity index is 2220. The Hall–Kier alpha value is -5.58. The van der Waals surface area contributed by atoms with Gasteiger partial charge in [-0.2, -0.15) is 10.2 Å². The van der Waals surface area contributed by atoms with Gasteiger partial charge in [-0.3, -0.25) is 9.10 Å². The van der Waals surface area contributed by atoms with Gasteiger partial charge in [0, 0.05) is 47.9 Å². The third kappa shape index (κ3) is 6.42. The summed E-state index contributed by atoms with van der Waals surface area (Å²) in [5.74, 6) is -0.335. The molecule has 11 nitrogen and oxygen atoms in total. The molecule has 0 radical (unpaired) electrons. The van der Waals surface area contributed by atoms with Crippen molar-refractivity contribution in [3.05, 3.63) is 90.4 Å². The van der Waals surface area contributed by atoms with Crippen LogP contribution < -0.4 is 14.9 Å². The average Bonchev–Trinajstić information content (AvgIpc) is 3.67. The number of amides is 1. The van der Waals surface area contributed by atoms with Gasteiger partial charge in [0.2, 0.25) is 15.9 Å². The van der Waals surface area contributed by atoms with Crippen molar-refractivity contribution in [2.24, 2.45) is 0 Å². The Morgan fingerprint density at radius 2 is 1.79 bits per heavy atom. The van der Waals surface area contributed by atoms with Crippen molar-refractivity contribution < 1.29 is 26.4 Å². The van der Waals surface area contributed by atoms with Crippen LogP contribution in [0.15, 0.2) is 87.8 Å². The number of nitriles is 1. The minimum Gasteiger partial charge on any atom is -0.455 e. The van der Waals surface area contributed by atoms with Gasteiger partial charge in [0.25, 0.3) is 5.91 Å². The highest BCUT2D eigenvalue weighted by molar-refractivity contribution is 7.92. The van der Waals surface area contributed by atoms with E-state index in [4.69, 9.17) is 14.1 Å². The maximum atomic E-state index is 13.8. The first kappa shape index (κ1) is 31.4. The summed E-state index contributed by atoms with van der Waals surface area (Å²) in [7, 11) is -2.34. The van der Waals surface area contributed by atoms with E-state index in [-0.39, 0.29) is 30.0 Å². The molecule has 0 unspecified atom stereocenters. The van der Waals surface area contributed by atoms with Gasteiger partial charge in [-0.25, -0.2) is 17.8 Å². The zero-order valence-corrected chi connectivity index (χ0v) is 26.3. The van der Waals surface area contributed by atoms with Gasteiger partial charge in [-0.1, -0.05) is 12.1 Å². The molecule has 0 spiro atoms. The Morgan fingerprint density at radius 3 is 2.51 bits per heavy atom. The van der Waals surface area contributed by atoms with Crippen molar-refractivity contribution >= 4 is 43.8 Å². The number of oxazole rings is 1. The zero-order chi connectivity index (χ0) is 33.1. The second kappa shape index (κ2) is 13.0. The summed E-state index contributed by atoms with van der Waals surface area (Å²) in [6.45, 7) is 0.643. The van der Waals surface area contributed by atoms with E-state index >= 15 is 0 Å². The Balaban J connectivity index is 1.57. The summed E-state index contributed by atoms with van der Waals surface area (Å²) in [6, 6.07) is 21.7. The number of aromatic nitrogens is 2. The van der Waals surface area contributed by atoms with Crippen LogP contribution in [-0.2, 0) is 10.0 Å². The fourth-order valence-electron chi connectivity index (χ4n) is 5.39. The van der Waals surface area contributed by atoms with Crippen molar-refractivity contribution in [2.45, 2.75) is 6.42 Å². The zero-order valence-electron chi connectivity index (χ0n) is 25.5. The number of nitrogens with zero attached hydrogens (tertiary/aromatic N) is 4. The van der Waals surface area contributed by atoms with E-state index in [1.165, 1.54) is 35.6 Å². The summed E-state index contributed by atoms with van der Waals surface area (Å²) >= 11 is 0. The van der Waals surface area contributed by atoms with Gasteiger partial charge in [0.05, 0.1) is 30.1 Å². The predicted molar refractivity (Wildman–Crippen MR) is 177 cm³/mol. The van der Waals surface area contributed by atoms with Crippen LogP contribution >= 0.6 is 0 Å². The minimum atomic E-state index is -3.83. The third-order valence-electron chi connectivity index (χ3n) is 7.54. The van der Waals surface area contributed by atoms with Crippen LogP contribution in [-0.4, -0.2) is 57.2 Å². The fourth-order valence-corrected chi connectivity index (χ4v) is 6.36.